The van der Waals surface area contributed by atoms with Gasteiger partial charge in [0.05, 0.1) is 48.5 Å². The molecule has 27 N–H and O–H groups in total. The van der Waals surface area contributed by atoms with E-state index in [-0.39, 0.29) is 96.0 Å². The Kier molecular flexibility index (Phi) is 40.9. The van der Waals surface area contributed by atoms with Crippen molar-refractivity contribution in [2.24, 2.45) is 69.7 Å². The third-order valence-electron chi connectivity index (χ3n) is 22.5. The average Bonchev–Trinajstić information content (AvgIpc) is 1.54. The van der Waals surface area contributed by atoms with Crippen molar-refractivity contribution in [3.8, 4) is 5.75 Å². The summed E-state index contributed by atoms with van der Waals surface area (Å²) in [6, 6.07) is 13.9. The maximum Gasteiger partial charge on any atom is 0.303 e. The Bertz CT molecular complexity index is 4940. The van der Waals surface area contributed by atoms with Gasteiger partial charge in [-0.05, 0) is 110 Å². The summed E-state index contributed by atoms with van der Waals surface area (Å²) in [4.78, 5) is 271. The van der Waals surface area contributed by atoms with Gasteiger partial charge in [-0.15, -0.1) is 0 Å². The Morgan fingerprint density at radius 2 is 1.28 bits per heavy atom. The van der Waals surface area contributed by atoms with Crippen LogP contribution in [0.2, 0.25) is 0 Å². The number of aromatic nitrogens is 1. The summed E-state index contributed by atoms with van der Waals surface area (Å²) < 4.78 is 11.5. The van der Waals surface area contributed by atoms with E-state index in [2.05, 4.69) is 52.8 Å². The summed E-state index contributed by atoms with van der Waals surface area (Å²) >= 11 is 0.947. The van der Waals surface area contributed by atoms with Crippen LogP contribution in [-0.2, 0) is 115 Å². The van der Waals surface area contributed by atoms with Crippen LogP contribution in [0.15, 0.2) is 97.2 Å². The molecule has 0 saturated carbocycles. The van der Waals surface area contributed by atoms with Gasteiger partial charge >= 0.3 is 5.97 Å². The number of carbonyl (C=O) groups is 19. The summed E-state index contributed by atoms with van der Waals surface area (Å²) in [7, 11) is 0. The number of aliphatic carboxylic acids is 1. The SMILES string of the molecule is CC(=O)N[C@@H](CCCNC(=N)N)C(=O)N[C@@H]1CCSC[C@@H](C(=O)N[C@@H](Cc2ccc(OCCN)cc2)C(=O)C[C@@H](Cc2ccc3ccccc3c2)C(=O)NC2(C(=O)C[C@@H](CCC(=O)O)C(=O)N[C@@H](CC(N)=O)C(=O)C[C@@H](CC(N)=O)C(N)=O)CCOCC2)CC(=O)[C@H](CCC(N)=O)NC(=O)[C@H](Cc2c[nH]c3ccccc23)NC(=O)[C@H]([C@@H](C)O)NC(=O)[C@@H](CCC(N)=O)CC1=O. The predicted octanol–water partition coefficient (Wildman–Crippen LogP) is -1.94. The number of rotatable bonds is 46. The van der Waals surface area contributed by atoms with E-state index in [9.17, 15) is 67.7 Å². The van der Waals surface area contributed by atoms with Crippen LogP contribution in [0.4, 0.5) is 0 Å². The zero-order chi connectivity index (χ0) is 95.5. The number of carbonyl (C=O) groups excluding carboxylic acids is 18. The van der Waals surface area contributed by atoms with Gasteiger partial charge in [0.25, 0.3) is 0 Å². The molecule has 1 aromatic heterocycles. The number of primary amides is 5. The number of carboxylic acid groups (broad SMARTS) is 1. The number of hydrogen-bond acceptors (Lipinski definition) is 25. The van der Waals surface area contributed by atoms with Crippen molar-refractivity contribution >= 4 is 151 Å². The number of aliphatic hydroxyl groups excluding tert-OH is 1. The minimum absolute atomic E-state index is 0.0687. The van der Waals surface area contributed by atoms with Crippen LogP contribution in [0.25, 0.3) is 21.7 Å². The Morgan fingerprint density at radius 3 is 1.92 bits per heavy atom. The number of ketones is 5. The Hall–Kier alpha value is -13.1. The number of para-hydroxylation sites is 1. The van der Waals surface area contributed by atoms with Gasteiger partial charge in [0.15, 0.2) is 34.9 Å². The highest BCUT2D eigenvalue weighted by Gasteiger charge is 2.46. The molecule has 5 aromatic rings. The van der Waals surface area contributed by atoms with Gasteiger partial charge in [-0.25, -0.2) is 0 Å². The fourth-order valence-electron chi connectivity index (χ4n) is 15.4. The molecule has 0 aliphatic carbocycles. The van der Waals surface area contributed by atoms with Crippen molar-refractivity contribution in [3.63, 3.8) is 0 Å². The zero-order valence-electron chi connectivity index (χ0n) is 72.5. The van der Waals surface area contributed by atoms with Crippen molar-refractivity contribution in [1.29, 1.82) is 5.41 Å². The second kappa shape index (κ2) is 51.2. The molecule has 42 heteroatoms. The maximum absolute atomic E-state index is 16.0. The number of aromatic amines is 1. The van der Waals surface area contributed by atoms with E-state index in [1.165, 1.54) is 0 Å². The molecule has 2 aliphatic heterocycles. The van der Waals surface area contributed by atoms with Crippen LogP contribution in [0.1, 0.15) is 146 Å². The van der Waals surface area contributed by atoms with E-state index in [0.717, 1.165) is 31.0 Å². The van der Waals surface area contributed by atoms with Gasteiger partial charge in [-0.2, -0.15) is 11.8 Å². The fraction of sp³-hybridized carbons (Fsp3) is 0.500. The lowest BCUT2D eigenvalue weighted by Crippen LogP contribution is -2.59. The predicted molar refractivity (Wildman–Crippen MR) is 473 cm³/mol. The van der Waals surface area contributed by atoms with Crippen LogP contribution in [0.3, 0.4) is 0 Å². The number of H-pyrrole nitrogens is 1. The largest absolute Gasteiger partial charge is 0.492 e. The van der Waals surface area contributed by atoms with Crippen LogP contribution >= 0.6 is 11.8 Å². The summed E-state index contributed by atoms with van der Waals surface area (Å²) in [6.07, 6.45) is -10.8. The highest BCUT2D eigenvalue weighted by atomic mass is 32.2. The molecule has 7 rings (SSSR count). The second-order valence-corrected chi connectivity index (χ2v) is 33.9. The molecule has 0 spiro atoms. The number of nitrogens with one attached hydrogen (secondary N) is 11. The Labute approximate surface area is 752 Å². The molecule has 0 bridgehead atoms. The highest BCUT2D eigenvalue weighted by molar-refractivity contribution is 7.99. The summed E-state index contributed by atoms with van der Waals surface area (Å²) in [5.41, 5.74) is 38.8. The molecule has 4 aromatic carbocycles. The molecular weight excluding hydrogens is 1710 g/mol. The summed E-state index contributed by atoms with van der Waals surface area (Å²) in [5, 5.41) is 54.6. The third-order valence-corrected chi connectivity index (χ3v) is 23.7. The third kappa shape index (κ3) is 33.5. The Morgan fingerprint density at radius 1 is 0.631 bits per heavy atom. The first-order valence-corrected chi connectivity index (χ1v) is 43.9. The first-order valence-electron chi connectivity index (χ1n) is 42.8. The van der Waals surface area contributed by atoms with Crippen LogP contribution in [0.5, 0.6) is 5.75 Å². The molecule has 13 amide bonds. The number of Topliss-reactive ketones (excluding diaryl/α,β-unsaturated/α-hetero) is 5. The minimum atomic E-state index is -1.95. The highest BCUT2D eigenvalue weighted by Crippen LogP contribution is 2.31. The number of aliphatic hydroxyl groups is 1. The fourth-order valence-corrected chi connectivity index (χ4v) is 16.5. The minimum Gasteiger partial charge on any atom is -0.492 e. The van der Waals surface area contributed by atoms with E-state index in [0.29, 0.717) is 38.7 Å². The van der Waals surface area contributed by atoms with Gasteiger partial charge in [0.2, 0.25) is 76.8 Å². The monoisotopic (exact) mass is 1830 g/mol. The van der Waals surface area contributed by atoms with Crippen LogP contribution < -0.4 is 92.7 Å². The normalized spacial score (nSPS) is 19.3. The lowest BCUT2D eigenvalue weighted by atomic mass is 9.79. The van der Waals surface area contributed by atoms with Crippen molar-refractivity contribution < 1.29 is 111 Å². The van der Waals surface area contributed by atoms with Crippen molar-refractivity contribution in [1.82, 2.24) is 52.8 Å². The maximum atomic E-state index is 16.0. The van der Waals surface area contributed by atoms with Gasteiger partial charge < -0.3 is 113 Å². The number of hydrogen-bond donors (Lipinski definition) is 20. The number of carboxylic acids is 1. The van der Waals surface area contributed by atoms with E-state index in [1.807, 2.05) is 6.07 Å². The molecule has 0 unspecified atom stereocenters. The number of benzene rings is 4. The number of guanidine groups is 1. The molecule has 0 radical (unpaired) electrons. The smallest absolute Gasteiger partial charge is 0.303 e. The first kappa shape index (κ1) is 104. The molecule has 41 nitrogen and oxygen atoms in total. The van der Waals surface area contributed by atoms with Crippen molar-refractivity contribution in [2.75, 3.05) is 44.4 Å². The van der Waals surface area contributed by atoms with E-state index >= 15 is 33.6 Å². The molecule has 130 heavy (non-hydrogen) atoms. The topological polar surface area (TPSA) is 713 Å². The molecule has 3 heterocycles. The first-order chi connectivity index (χ1) is 61.7. The summed E-state index contributed by atoms with van der Waals surface area (Å²) in [6.45, 7) is 2.23. The molecule has 2 fully saturated rings. The molecule has 13 atom stereocenters. The zero-order valence-corrected chi connectivity index (χ0v) is 73.3. The van der Waals surface area contributed by atoms with Gasteiger partial charge in [-0.1, -0.05) is 72.8 Å². The average molecular weight is 1830 g/mol. The number of amides is 13. The molecular formula is C88H118N18O23S. The second-order valence-electron chi connectivity index (χ2n) is 32.7. The number of thioether (sulfide) groups is 1. The van der Waals surface area contributed by atoms with E-state index < -0.39 is 284 Å². The van der Waals surface area contributed by atoms with Gasteiger partial charge in [-0.3, -0.25) is 96.5 Å². The van der Waals surface area contributed by atoms with Crippen molar-refractivity contribution in [3.05, 3.63) is 114 Å². The van der Waals surface area contributed by atoms with Gasteiger partial charge in [0, 0.05) is 151 Å². The lowest BCUT2D eigenvalue weighted by molar-refractivity contribution is -0.142. The van der Waals surface area contributed by atoms with Crippen LogP contribution in [0, 0.1) is 35.0 Å². The molecule has 2 saturated heterocycles. The quantitative estimate of drug-likeness (QED) is 0.0114. The number of fused-ring (bicyclic) bond motifs is 2. The van der Waals surface area contributed by atoms with Crippen molar-refractivity contribution in [2.45, 2.75) is 203 Å². The number of nitrogens with two attached hydrogens (primary N) is 7. The van der Waals surface area contributed by atoms with Gasteiger partial charge in [0.1, 0.15) is 36.0 Å². The molecule has 704 valence electrons. The standard InChI is InChI=1S/C88H118N18O23S/c1-47(107)78-86(127)104-67(37-57-45-98-61-11-6-5-10-60(57)61)85(126)100-62(21-23-74(91)115)69(110)41-58(46-130-33-25-63(68(109)38-53(81(122)105-78)17-22-73(90)114)101-84(125)64(99-48(2)108)12-7-29-97-87(95)96)82(123)102-65(36-49-14-19-59(20-15-49)129-32-28-89)71(112)40-56(35-50-13-16-51-8-3-4-9-52(51)34-50)83(124)106-88(26-30-128-31-27-88)72(113)42-54(18-24-77(118)119)80(121)103-66(44-76(93)117)70(111)39-55(79(94)120)43-75(92)116/h3-6,8-11,13-16,19-20,34,45,47,53-56,58,62-67,78,98,107H,7,12,17-18,21-33,35-44,46,89H2,1-2H3,(H2,90,114)(H2,91,115)(H2,92,116)(H2,93,117)(H2,94,120)(H,99,108)(H,100,126)(H,101,125)(H,102,123)(H,103,121)(H,104,127)(H,105,122)(H,106,124)(H,118,119)(H4,95,96,97)/t47-,53+,54-,55+,56-,58+,62+,63-,64+,65+,66+,67+,78+/m1/s1. The van der Waals surface area contributed by atoms with E-state index in [4.69, 9.17) is 55.0 Å². The van der Waals surface area contributed by atoms with E-state index in [1.54, 1.807) is 91.1 Å². The van der Waals surface area contributed by atoms with Crippen LogP contribution in [-0.4, -0.2) is 231 Å². The number of ether oxygens (including phenoxy) is 2. The molecule has 2 aliphatic rings. The lowest BCUT2D eigenvalue weighted by Gasteiger charge is -2.38. The Balaban J connectivity index is 1.34. The summed E-state index contributed by atoms with van der Waals surface area (Å²) in [5.74, 6) is -27.2.